The summed E-state index contributed by atoms with van der Waals surface area (Å²) in [4.78, 5) is 4.17. The maximum Gasteiger partial charge on any atom is 0.191 e. The SMILES string of the molecule is CCCNC(=NC)NCc1ccc(COCC)cc1. The fourth-order valence-electron chi connectivity index (χ4n) is 1.62. The van der Waals surface area contributed by atoms with Gasteiger partial charge in [0.05, 0.1) is 6.61 Å². The zero-order valence-electron chi connectivity index (χ0n) is 12.2. The molecule has 0 spiro atoms. The molecule has 0 heterocycles. The molecule has 0 aliphatic rings. The van der Waals surface area contributed by atoms with Crippen LogP contribution in [0, 0.1) is 0 Å². The van der Waals surface area contributed by atoms with Gasteiger partial charge in [-0.3, -0.25) is 4.99 Å². The van der Waals surface area contributed by atoms with Gasteiger partial charge in [0.2, 0.25) is 0 Å². The Labute approximate surface area is 116 Å². The number of rotatable bonds is 7. The summed E-state index contributed by atoms with van der Waals surface area (Å²) >= 11 is 0. The maximum atomic E-state index is 5.37. The fraction of sp³-hybridized carbons (Fsp3) is 0.533. The molecule has 0 aromatic heterocycles. The Hall–Kier alpha value is -1.55. The van der Waals surface area contributed by atoms with E-state index in [1.54, 1.807) is 7.05 Å². The predicted molar refractivity (Wildman–Crippen MR) is 80.3 cm³/mol. The van der Waals surface area contributed by atoms with Crippen molar-refractivity contribution in [3.05, 3.63) is 35.4 Å². The fourth-order valence-corrected chi connectivity index (χ4v) is 1.62. The first-order valence-electron chi connectivity index (χ1n) is 6.90. The minimum atomic E-state index is 0.684. The first-order chi connectivity index (χ1) is 9.30. The number of hydrogen-bond acceptors (Lipinski definition) is 2. The predicted octanol–water partition coefficient (Wildman–Crippen LogP) is 2.30. The Balaban J connectivity index is 2.40. The molecule has 106 valence electrons. The topological polar surface area (TPSA) is 45.7 Å². The van der Waals surface area contributed by atoms with E-state index in [1.165, 1.54) is 11.1 Å². The van der Waals surface area contributed by atoms with E-state index < -0.39 is 0 Å². The van der Waals surface area contributed by atoms with Gasteiger partial charge in [-0.15, -0.1) is 0 Å². The monoisotopic (exact) mass is 263 g/mol. The van der Waals surface area contributed by atoms with Gasteiger partial charge < -0.3 is 15.4 Å². The van der Waals surface area contributed by atoms with Crippen LogP contribution in [0.1, 0.15) is 31.4 Å². The molecule has 2 N–H and O–H groups in total. The highest BCUT2D eigenvalue weighted by Crippen LogP contribution is 2.05. The smallest absolute Gasteiger partial charge is 0.191 e. The van der Waals surface area contributed by atoms with Crippen molar-refractivity contribution in [3.8, 4) is 0 Å². The zero-order valence-corrected chi connectivity index (χ0v) is 12.2. The summed E-state index contributed by atoms with van der Waals surface area (Å²) in [5, 5.41) is 6.54. The van der Waals surface area contributed by atoms with Crippen molar-refractivity contribution >= 4 is 5.96 Å². The molecule has 1 aromatic carbocycles. The van der Waals surface area contributed by atoms with Gasteiger partial charge in [0.1, 0.15) is 0 Å². The molecular formula is C15H25N3O. The largest absolute Gasteiger partial charge is 0.377 e. The molecule has 0 unspecified atom stereocenters. The van der Waals surface area contributed by atoms with Crippen LogP contribution < -0.4 is 10.6 Å². The van der Waals surface area contributed by atoms with Gasteiger partial charge in [-0.25, -0.2) is 0 Å². The van der Waals surface area contributed by atoms with E-state index in [1.807, 2.05) is 6.92 Å². The summed E-state index contributed by atoms with van der Waals surface area (Å²) in [6.45, 7) is 7.29. The molecule has 1 rings (SSSR count). The number of benzene rings is 1. The quantitative estimate of drug-likeness (QED) is 0.586. The first kappa shape index (κ1) is 15.5. The van der Waals surface area contributed by atoms with Gasteiger partial charge >= 0.3 is 0 Å². The standard InChI is InChI=1S/C15H25N3O/c1-4-10-17-15(16-3)18-11-13-6-8-14(9-7-13)12-19-5-2/h6-9H,4-5,10-12H2,1-3H3,(H2,16,17,18). The van der Waals surface area contributed by atoms with Gasteiger partial charge in [-0.2, -0.15) is 0 Å². The lowest BCUT2D eigenvalue weighted by Crippen LogP contribution is -2.37. The van der Waals surface area contributed by atoms with Crippen LogP contribution >= 0.6 is 0 Å². The Kier molecular flexibility index (Phi) is 7.66. The van der Waals surface area contributed by atoms with E-state index in [4.69, 9.17) is 4.74 Å². The number of nitrogens with zero attached hydrogens (tertiary/aromatic N) is 1. The minimum Gasteiger partial charge on any atom is -0.377 e. The number of guanidine groups is 1. The van der Waals surface area contributed by atoms with Crippen LogP contribution in [-0.2, 0) is 17.9 Å². The van der Waals surface area contributed by atoms with E-state index >= 15 is 0 Å². The summed E-state index contributed by atoms with van der Waals surface area (Å²) in [7, 11) is 1.79. The van der Waals surface area contributed by atoms with Crippen LogP contribution in [0.4, 0.5) is 0 Å². The first-order valence-corrected chi connectivity index (χ1v) is 6.90. The van der Waals surface area contributed by atoms with E-state index in [2.05, 4.69) is 46.8 Å². The highest BCUT2D eigenvalue weighted by Gasteiger charge is 1.98. The van der Waals surface area contributed by atoms with E-state index in [0.717, 1.165) is 32.1 Å². The highest BCUT2D eigenvalue weighted by molar-refractivity contribution is 5.79. The summed E-state index contributed by atoms with van der Waals surface area (Å²) in [5.74, 6) is 0.847. The number of hydrogen-bond donors (Lipinski definition) is 2. The van der Waals surface area contributed by atoms with Crippen LogP contribution in [-0.4, -0.2) is 26.2 Å². The third kappa shape index (κ3) is 6.25. The van der Waals surface area contributed by atoms with Crippen molar-refractivity contribution in [2.24, 2.45) is 4.99 Å². The van der Waals surface area contributed by atoms with Crippen LogP contribution in [0.2, 0.25) is 0 Å². The van der Waals surface area contributed by atoms with Crippen LogP contribution in [0.5, 0.6) is 0 Å². The van der Waals surface area contributed by atoms with Crippen LogP contribution in [0.3, 0.4) is 0 Å². The lowest BCUT2D eigenvalue weighted by atomic mass is 10.1. The van der Waals surface area contributed by atoms with Gasteiger partial charge in [0, 0.05) is 26.7 Å². The van der Waals surface area contributed by atoms with Crippen molar-refractivity contribution in [2.75, 3.05) is 20.2 Å². The molecule has 0 atom stereocenters. The molecule has 0 fully saturated rings. The normalized spacial score (nSPS) is 11.4. The average molecular weight is 263 g/mol. The van der Waals surface area contributed by atoms with E-state index in [9.17, 15) is 0 Å². The Morgan fingerprint density at radius 1 is 1.11 bits per heavy atom. The molecule has 19 heavy (non-hydrogen) atoms. The minimum absolute atomic E-state index is 0.684. The van der Waals surface area contributed by atoms with Crippen molar-refractivity contribution < 1.29 is 4.74 Å². The molecule has 0 saturated heterocycles. The van der Waals surface area contributed by atoms with Crippen molar-refractivity contribution in [3.63, 3.8) is 0 Å². The lowest BCUT2D eigenvalue weighted by Gasteiger charge is -2.11. The van der Waals surface area contributed by atoms with Gasteiger partial charge in [0.15, 0.2) is 5.96 Å². The maximum absolute atomic E-state index is 5.37. The summed E-state index contributed by atoms with van der Waals surface area (Å²) < 4.78 is 5.37. The van der Waals surface area contributed by atoms with Crippen molar-refractivity contribution in [1.82, 2.24) is 10.6 Å². The van der Waals surface area contributed by atoms with E-state index in [0.29, 0.717) is 6.61 Å². The second kappa shape index (κ2) is 9.39. The summed E-state index contributed by atoms with van der Waals surface area (Å²) in [6, 6.07) is 8.45. The molecule has 0 bridgehead atoms. The molecule has 0 aliphatic heterocycles. The third-order valence-electron chi connectivity index (χ3n) is 2.72. The Morgan fingerprint density at radius 3 is 2.37 bits per heavy atom. The van der Waals surface area contributed by atoms with Gasteiger partial charge in [-0.1, -0.05) is 31.2 Å². The molecule has 0 saturated carbocycles. The molecule has 4 heteroatoms. The van der Waals surface area contributed by atoms with Crippen LogP contribution in [0.25, 0.3) is 0 Å². The van der Waals surface area contributed by atoms with Crippen molar-refractivity contribution in [2.45, 2.75) is 33.4 Å². The number of ether oxygens (including phenoxy) is 1. The van der Waals surface area contributed by atoms with Crippen LogP contribution in [0.15, 0.2) is 29.3 Å². The summed E-state index contributed by atoms with van der Waals surface area (Å²) in [6.07, 6.45) is 1.09. The van der Waals surface area contributed by atoms with Gasteiger partial charge in [-0.05, 0) is 24.5 Å². The number of aliphatic imine (C=N–C) groups is 1. The van der Waals surface area contributed by atoms with Crippen molar-refractivity contribution in [1.29, 1.82) is 0 Å². The molecule has 0 amide bonds. The summed E-state index contributed by atoms with van der Waals surface area (Å²) in [5.41, 5.74) is 2.44. The molecular weight excluding hydrogens is 238 g/mol. The molecule has 0 aliphatic carbocycles. The third-order valence-corrected chi connectivity index (χ3v) is 2.72. The second-order valence-electron chi connectivity index (χ2n) is 4.31. The zero-order chi connectivity index (χ0) is 13.9. The second-order valence-corrected chi connectivity index (χ2v) is 4.31. The Bertz CT molecular complexity index is 373. The molecule has 4 nitrogen and oxygen atoms in total. The lowest BCUT2D eigenvalue weighted by molar-refractivity contribution is 0.134. The average Bonchev–Trinajstić information content (AvgIpc) is 2.46. The number of nitrogens with one attached hydrogen (secondary N) is 2. The molecule has 0 radical (unpaired) electrons. The Morgan fingerprint density at radius 2 is 1.79 bits per heavy atom. The van der Waals surface area contributed by atoms with E-state index in [-0.39, 0.29) is 0 Å². The highest BCUT2D eigenvalue weighted by atomic mass is 16.5. The van der Waals surface area contributed by atoms with Gasteiger partial charge in [0.25, 0.3) is 0 Å². The molecule has 1 aromatic rings.